The van der Waals surface area contributed by atoms with E-state index < -0.39 is 0 Å². The molecule has 0 aliphatic heterocycles. The highest BCUT2D eigenvalue weighted by atomic mass is 16.1. The number of nitrogens with zero attached hydrogens (tertiary/aromatic N) is 5. The van der Waals surface area contributed by atoms with Crippen LogP contribution >= 0.6 is 0 Å². The van der Waals surface area contributed by atoms with Crippen molar-refractivity contribution >= 4 is 5.78 Å². The third-order valence-corrected chi connectivity index (χ3v) is 4.00. The van der Waals surface area contributed by atoms with Crippen LogP contribution in [-0.2, 0) is 5.54 Å². The van der Waals surface area contributed by atoms with Gasteiger partial charge in [0.05, 0.1) is 17.4 Å². The maximum Gasteiger partial charge on any atom is 0.278 e. The van der Waals surface area contributed by atoms with E-state index in [0.29, 0.717) is 11.7 Å². The standard InChI is InChI=1S/C15H18N6O/c1-15(2,3)20-7-10(6-17-20)12-11(9-4-5-9)13(22)21-14(19-12)16-8-18-21/h6-9H,4-5H2,1-3H3,(H,16,18,19). The topological polar surface area (TPSA) is 80.9 Å². The maximum atomic E-state index is 12.7. The van der Waals surface area contributed by atoms with Gasteiger partial charge in [0.1, 0.15) is 6.33 Å². The van der Waals surface area contributed by atoms with E-state index in [0.717, 1.165) is 29.7 Å². The molecule has 0 bridgehead atoms. The molecule has 1 saturated carbocycles. The van der Waals surface area contributed by atoms with Crippen molar-refractivity contribution in [3.05, 3.63) is 34.6 Å². The van der Waals surface area contributed by atoms with E-state index in [4.69, 9.17) is 0 Å². The Labute approximate surface area is 127 Å². The minimum atomic E-state index is -0.108. The first-order valence-corrected chi connectivity index (χ1v) is 7.47. The Balaban J connectivity index is 1.95. The highest BCUT2D eigenvalue weighted by Crippen LogP contribution is 2.42. The minimum Gasteiger partial charge on any atom is -0.278 e. The van der Waals surface area contributed by atoms with E-state index in [1.54, 1.807) is 6.20 Å². The molecule has 7 nitrogen and oxygen atoms in total. The fraction of sp³-hybridized carbons (Fsp3) is 0.467. The summed E-state index contributed by atoms with van der Waals surface area (Å²) in [7, 11) is 0. The number of rotatable bonds is 2. The monoisotopic (exact) mass is 298 g/mol. The summed E-state index contributed by atoms with van der Waals surface area (Å²) in [6, 6.07) is 0. The molecule has 0 radical (unpaired) electrons. The molecule has 114 valence electrons. The van der Waals surface area contributed by atoms with Crippen molar-refractivity contribution < 1.29 is 0 Å². The van der Waals surface area contributed by atoms with E-state index in [2.05, 4.69) is 40.9 Å². The Hall–Kier alpha value is -2.44. The zero-order chi connectivity index (χ0) is 15.5. The predicted molar refractivity (Wildman–Crippen MR) is 81.8 cm³/mol. The molecule has 0 unspecified atom stereocenters. The van der Waals surface area contributed by atoms with E-state index in [9.17, 15) is 4.79 Å². The van der Waals surface area contributed by atoms with Crippen LogP contribution in [0.25, 0.3) is 17.0 Å². The van der Waals surface area contributed by atoms with Gasteiger partial charge in [-0.3, -0.25) is 14.6 Å². The van der Waals surface area contributed by atoms with Gasteiger partial charge >= 0.3 is 0 Å². The van der Waals surface area contributed by atoms with Gasteiger partial charge in [0, 0.05) is 17.3 Å². The van der Waals surface area contributed by atoms with Gasteiger partial charge in [-0.05, 0) is 39.5 Å². The highest BCUT2D eigenvalue weighted by Gasteiger charge is 2.32. The Bertz CT molecular complexity index is 906. The van der Waals surface area contributed by atoms with Crippen LogP contribution in [-0.4, -0.2) is 29.4 Å². The highest BCUT2D eigenvalue weighted by molar-refractivity contribution is 5.64. The third-order valence-electron chi connectivity index (χ3n) is 4.00. The number of H-pyrrole nitrogens is 1. The quantitative estimate of drug-likeness (QED) is 0.783. The average Bonchev–Trinajstić information content (AvgIpc) is 2.99. The van der Waals surface area contributed by atoms with Crippen molar-refractivity contribution in [1.82, 2.24) is 29.4 Å². The van der Waals surface area contributed by atoms with E-state index in [1.807, 2.05) is 10.9 Å². The van der Waals surface area contributed by atoms with Gasteiger partial charge < -0.3 is 0 Å². The maximum absolute atomic E-state index is 12.7. The van der Waals surface area contributed by atoms with Crippen LogP contribution in [0.15, 0.2) is 23.5 Å². The SMILES string of the molecule is CC(C)(C)n1cc(-c2nc3nc[nH]n3c(=O)c2C2CC2)cn1. The molecule has 0 atom stereocenters. The molecule has 0 amide bonds. The summed E-state index contributed by atoms with van der Waals surface area (Å²) in [4.78, 5) is 21.4. The van der Waals surface area contributed by atoms with Crippen molar-refractivity contribution in [2.24, 2.45) is 0 Å². The molecule has 7 heteroatoms. The van der Waals surface area contributed by atoms with Gasteiger partial charge in [0.15, 0.2) is 0 Å². The molecule has 1 aliphatic carbocycles. The van der Waals surface area contributed by atoms with Gasteiger partial charge in [-0.2, -0.15) is 9.61 Å². The smallest absolute Gasteiger partial charge is 0.278 e. The second-order valence-corrected chi connectivity index (χ2v) is 6.82. The van der Waals surface area contributed by atoms with E-state index in [-0.39, 0.29) is 11.1 Å². The molecular weight excluding hydrogens is 280 g/mol. The zero-order valence-electron chi connectivity index (χ0n) is 12.9. The van der Waals surface area contributed by atoms with E-state index >= 15 is 0 Å². The molecule has 22 heavy (non-hydrogen) atoms. The summed E-state index contributed by atoms with van der Waals surface area (Å²) in [5, 5.41) is 7.25. The molecule has 3 aromatic rings. The molecule has 3 aromatic heterocycles. The van der Waals surface area contributed by atoms with Crippen molar-refractivity contribution in [3.63, 3.8) is 0 Å². The van der Waals surface area contributed by atoms with Crippen molar-refractivity contribution in [1.29, 1.82) is 0 Å². The van der Waals surface area contributed by atoms with E-state index in [1.165, 1.54) is 10.8 Å². The van der Waals surface area contributed by atoms with Gasteiger partial charge in [-0.1, -0.05) is 0 Å². The van der Waals surface area contributed by atoms with Crippen molar-refractivity contribution in [2.45, 2.75) is 45.1 Å². The Morgan fingerprint density at radius 2 is 2.09 bits per heavy atom. The van der Waals surface area contributed by atoms with Crippen LogP contribution in [0.2, 0.25) is 0 Å². The summed E-state index contributed by atoms with van der Waals surface area (Å²) in [6.45, 7) is 6.26. The van der Waals surface area contributed by atoms with Gasteiger partial charge in [0.25, 0.3) is 11.3 Å². The van der Waals surface area contributed by atoms with Crippen LogP contribution in [0.3, 0.4) is 0 Å². The number of fused-ring (bicyclic) bond motifs is 1. The number of aromatic amines is 1. The van der Waals surface area contributed by atoms with Crippen LogP contribution in [0, 0.1) is 0 Å². The zero-order valence-corrected chi connectivity index (χ0v) is 12.9. The molecule has 3 heterocycles. The average molecular weight is 298 g/mol. The lowest BCUT2D eigenvalue weighted by molar-refractivity contribution is 0.355. The van der Waals surface area contributed by atoms with Crippen LogP contribution < -0.4 is 5.56 Å². The van der Waals surface area contributed by atoms with Crippen LogP contribution in [0.1, 0.15) is 45.1 Å². The second kappa shape index (κ2) is 4.28. The lowest BCUT2D eigenvalue weighted by Gasteiger charge is -2.18. The van der Waals surface area contributed by atoms with Crippen molar-refractivity contribution in [3.8, 4) is 11.3 Å². The van der Waals surface area contributed by atoms with Crippen LogP contribution in [0.5, 0.6) is 0 Å². The number of aromatic nitrogens is 6. The summed E-state index contributed by atoms with van der Waals surface area (Å²) < 4.78 is 3.30. The summed E-state index contributed by atoms with van der Waals surface area (Å²) in [6.07, 6.45) is 7.30. The number of nitrogens with one attached hydrogen (secondary N) is 1. The van der Waals surface area contributed by atoms with Crippen molar-refractivity contribution in [2.75, 3.05) is 0 Å². The molecule has 0 saturated heterocycles. The summed E-state index contributed by atoms with van der Waals surface area (Å²) in [5.74, 6) is 0.695. The first kappa shape index (κ1) is 13.2. The Morgan fingerprint density at radius 3 is 2.73 bits per heavy atom. The van der Waals surface area contributed by atoms with Gasteiger partial charge in [0.2, 0.25) is 0 Å². The largest absolute Gasteiger partial charge is 0.278 e. The summed E-state index contributed by atoms with van der Waals surface area (Å²) >= 11 is 0. The normalized spacial score (nSPS) is 15.6. The fourth-order valence-electron chi connectivity index (χ4n) is 2.64. The first-order valence-electron chi connectivity index (χ1n) is 7.47. The lowest BCUT2D eigenvalue weighted by Crippen LogP contribution is -2.22. The predicted octanol–water partition coefficient (Wildman–Crippen LogP) is 1.91. The molecule has 1 fully saturated rings. The fourth-order valence-corrected chi connectivity index (χ4v) is 2.64. The lowest BCUT2D eigenvalue weighted by atomic mass is 10.1. The molecular formula is C15H18N6O. The van der Waals surface area contributed by atoms with Gasteiger partial charge in [-0.15, -0.1) is 0 Å². The summed E-state index contributed by atoms with van der Waals surface area (Å²) in [5.41, 5.74) is 2.21. The number of hydrogen-bond donors (Lipinski definition) is 1. The molecule has 1 aliphatic rings. The molecule has 4 rings (SSSR count). The number of hydrogen-bond acceptors (Lipinski definition) is 4. The second-order valence-electron chi connectivity index (χ2n) is 6.82. The van der Waals surface area contributed by atoms with Gasteiger partial charge in [-0.25, -0.2) is 9.97 Å². The third kappa shape index (κ3) is 1.96. The Kier molecular flexibility index (Phi) is 2.58. The molecule has 0 spiro atoms. The first-order chi connectivity index (χ1) is 10.4. The Morgan fingerprint density at radius 1 is 1.32 bits per heavy atom. The minimum absolute atomic E-state index is 0.0523. The van der Waals surface area contributed by atoms with Crippen LogP contribution in [0.4, 0.5) is 0 Å². The molecule has 0 aromatic carbocycles. The molecule has 1 N–H and O–H groups in total.